The average Bonchev–Trinajstić information content (AvgIpc) is 2.57. The minimum atomic E-state index is -0.344. The van der Waals surface area contributed by atoms with E-state index in [1.807, 2.05) is 24.3 Å². The van der Waals surface area contributed by atoms with E-state index in [2.05, 4.69) is 12.2 Å². The minimum Gasteiger partial charge on any atom is -0.456 e. The molecule has 0 heterocycles. The van der Waals surface area contributed by atoms with E-state index in [1.54, 1.807) is 11.8 Å². The molecular formula is C18H24ClNO3S. The number of carbonyl (C=O) groups is 2. The van der Waals surface area contributed by atoms with Gasteiger partial charge in [0, 0.05) is 21.7 Å². The Labute approximate surface area is 152 Å². The van der Waals surface area contributed by atoms with Gasteiger partial charge in [-0.2, -0.15) is 0 Å². The molecule has 0 bridgehead atoms. The maximum Gasteiger partial charge on any atom is 0.307 e. The van der Waals surface area contributed by atoms with E-state index < -0.39 is 0 Å². The van der Waals surface area contributed by atoms with Crippen molar-refractivity contribution in [1.29, 1.82) is 0 Å². The van der Waals surface area contributed by atoms with Crippen LogP contribution in [-0.2, 0) is 14.3 Å². The molecular weight excluding hydrogens is 346 g/mol. The lowest BCUT2D eigenvalue weighted by Crippen LogP contribution is -2.42. The molecule has 1 aliphatic carbocycles. The van der Waals surface area contributed by atoms with E-state index in [0.29, 0.717) is 16.7 Å². The van der Waals surface area contributed by atoms with Gasteiger partial charge in [-0.05, 0) is 43.0 Å². The Morgan fingerprint density at radius 3 is 2.67 bits per heavy atom. The predicted octanol–water partition coefficient (Wildman–Crippen LogP) is 4.06. The van der Waals surface area contributed by atoms with E-state index >= 15 is 0 Å². The molecule has 6 heteroatoms. The van der Waals surface area contributed by atoms with Crippen LogP contribution >= 0.6 is 23.4 Å². The quantitative estimate of drug-likeness (QED) is 0.581. The number of carbonyl (C=O) groups excluding carboxylic acids is 2. The highest BCUT2D eigenvalue weighted by Gasteiger charge is 2.23. The number of amides is 1. The van der Waals surface area contributed by atoms with Gasteiger partial charge in [-0.3, -0.25) is 9.59 Å². The Morgan fingerprint density at radius 2 is 1.96 bits per heavy atom. The van der Waals surface area contributed by atoms with Crippen molar-refractivity contribution < 1.29 is 14.3 Å². The van der Waals surface area contributed by atoms with E-state index in [9.17, 15) is 9.59 Å². The van der Waals surface area contributed by atoms with Crippen molar-refractivity contribution in [1.82, 2.24) is 5.32 Å². The number of benzene rings is 1. The highest BCUT2D eigenvalue weighted by Crippen LogP contribution is 2.23. The normalized spacial score (nSPS) is 20.4. The highest BCUT2D eigenvalue weighted by atomic mass is 35.5. The van der Waals surface area contributed by atoms with Crippen molar-refractivity contribution >= 4 is 35.2 Å². The zero-order chi connectivity index (χ0) is 17.4. The van der Waals surface area contributed by atoms with Gasteiger partial charge in [-0.15, -0.1) is 11.8 Å². The molecule has 1 aromatic carbocycles. The molecule has 0 radical (unpaired) electrons. The Morgan fingerprint density at radius 1 is 1.25 bits per heavy atom. The zero-order valence-corrected chi connectivity index (χ0v) is 15.5. The summed E-state index contributed by atoms with van der Waals surface area (Å²) in [6.07, 6.45) is 4.82. The zero-order valence-electron chi connectivity index (χ0n) is 13.9. The van der Waals surface area contributed by atoms with Crippen LogP contribution in [0.25, 0.3) is 0 Å². The molecule has 4 nitrogen and oxygen atoms in total. The third kappa shape index (κ3) is 6.73. The van der Waals surface area contributed by atoms with Gasteiger partial charge in [-0.1, -0.05) is 31.4 Å². The van der Waals surface area contributed by atoms with Gasteiger partial charge < -0.3 is 10.1 Å². The summed E-state index contributed by atoms with van der Waals surface area (Å²) in [6, 6.07) is 7.68. The second-order valence-corrected chi connectivity index (χ2v) is 7.75. The summed E-state index contributed by atoms with van der Waals surface area (Å²) in [5.41, 5.74) is 0. The molecule has 1 saturated carbocycles. The number of nitrogens with one attached hydrogen (secondary N) is 1. The fourth-order valence-corrected chi connectivity index (χ4v) is 3.74. The first kappa shape index (κ1) is 19.1. The summed E-state index contributed by atoms with van der Waals surface area (Å²) < 4.78 is 5.05. The van der Waals surface area contributed by atoms with Crippen LogP contribution in [0.3, 0.4) is 0 Å². The van der Waals surface area contributed by atoms with E-state index in [1.165, 1.54) is 6.42 Å². The first-order chi connectivity index (χ1) is 11.5. The minimum absolute atomic E-state index is 0.187. The maximum atomic E-state index is 11.9. The molecule has 2 rings (SSSR count). The van der Waals surface area contributed by atoms with Gasteiger partial charge in [-0.25, -0.2) is 0 Å². The maximum absolute atomic E-state index is 11.9. The lowest BCUT2D eigenvalue weighted by atomic mass is 9.86. The average molecular weight is 370 g/mol. The number of rotatable bonds is 7. The monoisotopic (exact) mass is 369 g/mol. The van der Waals surface area contributed by atoms with Crippen molar-refractivity contribution in [2.75, 3.05) is 12.4 Å². The summed E-state index contributed by atoms with van der Waals surface area (Å²) in [5, 5.41) is 3.67. The van der Waals surface area contributed by atoms with Gasteiger partial charge in [0.05, 0.1) is 6.42 Å². The SMILES string of the molecule is C[C@@H]1CCCC[C@@H]1NC(=O)COC(=O)CCSc1ccc(Cl)cc1. The fraction of sp³-hybridized carbons (Fsp3) is 0.556. The molecule has 0 aliphatic heterocycles. The summed E-state index contributed by atoms with van der Waals surface area (Å²) >= 11 is 7.39. The molecule has 0 saturated heterocycles. The van der Waals surface area contributed by atoms with Crippen molar-refractivity contribution in [2.45, 2.75) is 50.0 Å². The summed E-state index contributed by atoms with van der Waals surface area (Å²) in [7, 11) is 0. The summed E-state index contributed by atoms with van der Waals surface area (Å²) in [6.45, 7) is 1.97. The van der Waals surface area contributed by atoms with Gasteiger partial charge >= 0.3 is 5.97 Å². The van der Waals surface area contributed by atoms with Crippen LogP contribution in [-0.4, -0.2) is 30.3 Å². The van der Waals surface area contributed by atoms with Crippen LogP contribution < -0.4 is 5.32 Å². The molecule has 1 amide bonds. The standard InChI is InChI=1S/C18H24ClNO3S/c1-13-4-2-3-5-16(13)20-17(21)12-23-18(22)10-11-24-15-8-6-14(19)7-9-15/h6-9,13,16H,2-5,10-12H2,1H3,(H,20,21)/t13-,16+/m1/s1. The largest absolute Gasteiger partial charge is 0.456 e. The van der Waals surface area contributed by atoms with Gasteiger partial charge in [0.15, 0.2) is 6.61 Å². The number of esters is 1. The van der Waals surface area contributed by atoms with Crippen LogP contribution in [0.1, 0.15) is 39.0 Å². The summed E-state index contributed by atoms with van der Waals surface area (Å²) in [5.74, 6) is 0.562. The smallest absolute Gasteiger partial charge is 0.307 e. The third-order valence-corrected chi connectivity index (χ3v) is 5.48. The van der Waals surface area contributed by atoms with Gasteiger partial charge in [0.25, 0.3) is 5.91 Å². The van der Waals surface area contributed by atoms with Crippen molar-refractivity contribution in [2.24, 2.45) is 5.92 Å². The van der Waals surface area contributed by atoms with Crippen molar-refractivity contribution in [3.63, 3.8) is 0 Å². The van der Waals surface area contributed by atoms with Crippen LogP contribution in [0.15, 0.2) is 29.2 Å². The topological polar surface area (TPSA) is 55.4 Å². The molecule has 1 aliphatic rings. The van der Waals surface area contributed by atoms with E-state index in [4.69, 9.17) is 16.3 Å². The number of hydrogen-bond acceptors (Lipinski definition) is 4. The predicted molar refractivity (Wildman–Crippen MR) is 97.3 cm³/mol. The molecule has 2 atom stereocenters. The van der Waals surface area contributed by atoms with Gasteiger partial charge in [0.2, 0.25) is 0 Å². The first-order valence-electron chi connectivity index (χ1n) is 8.38. The molecule has 24 heavy (non-hydrogen) atoms. The van der Waals surface area contributed by atoms with Crippen LogP contribution in [0.4, 0.5) is 0 Å². The number of halogens is 1. The van der Waals surface area contributed by atoms with Gasteiger partial charge in [0.1, 0.15) is 0 Å². The molecule has 0 spiro atoms. The Bertz CT molecular complexity index is 550. The molecule has 132 valence electrons. The molecule has 1 N–H and O–H groups in total. The van der Waals surface area contributed by atoms with Crippen molar-refractivity contribution in [3.8, 4) is 0 Å². The fourth-order valence-electron chi connectivity index (χ4n) is 2.78. The molecule has 0 unspecified atom stereocenters. The second-order valence-electron chi connectivity index (χ2n) is 6.15. The van der Waals surface area contributed by atoms with Crippen LogP contribution in [0.2, 0.25) is 5.02 Å². The Balaban J connectivity index is 1.60. The van der Waals surface area contributed by atoms with E-state index in [-0.39, 0.29) is 30.9 Å². The summed E-state index contributed by atoms with van der Waals surface area (Å²) in [4.78, 5) is 24.6. The second kappa shape index (κ2) is 9.94. The Kier molecular flexibility index (Phi) is 7.92. The lowest BCUT2D eigenvalue weighted by Gasteiger charge is -2.29. The van der Waals surface area contributed by atoms with Crippen LogP contribution in [0.5, 0.6) is 0 Å². The first-order valence-corrected chi connectivity index (χ1v) is 9.74. The molecule has 0 aromatic heterocycles. The van der Waals surface area contributed by atoms with Crippen molar-refractivity contribution in [3.05, 3.63) is 29.3 Å². The number of ether oxygens (including phenoxy) is 1. The third-order valence-electron chi connectivity index (χ3n) is 4.21. The Hall–Kier alpha value is -1.20. The van der Waals surface area contributed by atoms with Crippen LogP contribution in [0, 0.1) is 5.92 Å². The molecule has 1 aromatic rings. The van der Waals surface area contributed by atoms with E-state index in [0.717, 1.165) is 24.2 Å². The number of hydrogen-bond donors (Lipinski definition) is 1. The number of thioether (sulfide) groups is 1. The highest BCUT2D eigenvalue weighted by molar-refractivity contribution is 7.99. The molecule has 1 fully saturated rings. The lowest BCUT2D eigenvalue weighted by molar-refractivity contribution is -0.148.